The molecule has 3 nitrogen and oxygen atoms in total. The van der Waals surface area contributed by atoms with Crippen molar-refractivity contribution in [3.8, 4) is 0 Å². The third kappa shape index (κ3) is 2.09. The molecule has 1 saturated heterocycles. The van der Waals surface area contributed by atoms with Gasteiger partial charge < -0.3 is 0 Å². The molecule has 0 radical (unpaired) electrons. The van der Waals surface area contributed by atoms with Gasteiger partial charge in [-0.3, -0.25) is 14.5 Å². The number of fused-ring (bicyclic) bond motifs is 1. The standard InChI is InChI=1S/C14H23NO2S/c1-3-14(4-2,9-18)8-15-12(16)10-6-5-7-11(10)13(15)17/h10-11,18H,3-9H2,1-2H3. The highest BCUT2D eigenvalue weighted by Gasteiger charge is 2.50. The van der Waals surface area contributed by atoms with Gasteiger partial charge in [0.05, 0.1) is 11.8 Å². The number of amides is 2. The summed E-state index contributed by atoms with van der Waals surface area (Å²) in [5, 5.41) is 0. The topological polar surface area (TPSA) is 37.4 Å². The molecule has 102 valence electrons. The summed E-state index contributed by atoms with van der Waals surface area (Å²) in [5.74, 6) is 0.866. The van der Waals surface area contributed by atoms with Crippen molar-refractivity contribution >= 4 is 24.4 Å². The van der Waals surface area contributed by atoms with E-state index in [1.165, 1.54) is 4.90 Å². The van der Waals surface area contributed by atoms with E-state index in [1.54, 1.807) is 0 Å². The minimum Gasteiger partial charge on any atom is -0.282 e. The molecule has 0 N–H and O–H groups in total. The Morgan fingerprint density at radius 2 is 1.67 bits per heavy atom. The third-order valence-corrected chi connectivity index (χ3v) is 5.68. The number of nitrogens with zero attached hydrogens (tertiary/aromatic N) is 1. The van der Waals surface area contributed by atoms with Crippen LogP contribution >= 0.6 is 12.6 Å². The zero-order valence-corrected chi connectivity index (χ0v) is 12.2. The highest BCUT2D eigenvalue weighted by molar-refractivity contribution is 7.80. The van der Waals surface area contributed by atoms with Crippen molar-refractivity contribution in [3.05, 3.63) is 0 Å². The molecule has 4 heteroatoms. The molecule has 1 aliphatic carbocycles. The average Bonchev–Trinajstić information content (AvgIpc) is 2.95. The van der Waals surface area contributed by atoms with Gasteiger partial charge in [0.25, 0.3) is 0 Å². The van der Waals surface area contributed by atoms with Crippen LogP contribution in [0.3, 0.4) is 0 Å². The van der Waals surface area contributed by atoms with Gasteiger partial charge in [0.15, 0.2) is 0 Å². The second-order valence-electron chi connectivity index (χ2n) is 5.77. The van der Waals surface area contributed by atoms with Gasteiger partial charge in [0, 0.05) is 6.54 Å². The van der Waals surface area contributed by atoms with Crippen LogP contribution in [0.15, 0.2) is 0 Å². The van der Waals surface area contributed by atoms with Gasteiger partial charge in [-0.2, -0.15) is 12.6 Å². The number of hydrogen-bond acceptors (Lipinski definition) is 3. The molecule has 2 atom stereocenters. The van der Waals surface area contributed by atoms with Crippen LogP contribution in [0.2, 0.25) is 0 Å². The first kappa shape index (κ1) is 13.9. The Labute approximate surface area is 115 Å². The molecule has 0 aromatic rings. The zero-order chi connectivity index (χ0) is 13.3. The Kier molecular flexibility index (Phi) is 4.05. The van der Waals surface area contributed by atoms with Crippen molar-refractivity contribution < 1.29 is 9.59 Å². The van der Waals surface area contributed by atoms with Gasteiger partial charge in [-0.1, -0.05) is 20.3 Å². The van der Waals surface area contributed by atoms with E-state index in [9.17, 15) is 9.59 Å². The second-order valence-corrected chi connectivity index (χ2v) is 6.09. The summed E-state index contributed by atoms with van der Waals surface area (Å²) in [6.45, 7) is 4.80. The smallest absolute Gasteiger partial charge is 0.233 e. The van der Waals surface area contributed by atoms with E-state index in [1.807, 2.05) is 0 Å². The van der Waals surface area contributed by atoms with Crippen molar-refractivity contribution in [2.75, 3.05) is 12.3 Å². The van der Waals surface area contributed by atoms with Crippen LogP contribution < -0.4 is 0 Å². The van der Waals surface area contributed by atoms with Crippen LogP contribution in [0, 0.1) is 17.3 Å². The van der Waals surface area contributed by atoms with Crippen molar-refractivity contribution in [1.29, 1.82) is 0 Å². The molecule has 18 heavy (non-hydrogen) atoms. The lowest BCUT2D eigenvalue weighted by atomic mass is 9.84. The van der Waals surface area contributed by atoms with Crippen LogP contribution in [0.25, 0.3) is 0 Å². The van der Waals surface area contributed by atoms with Gasteiger partial charge in [-0.25, -0.2) is 0 Å². The van der Waals surface area contributed by atoms with Crippen molar-refractivity contribution in [2.45, 2.75) is 46.0 Å². The van der Waals surface area contributed by atoms with Crippen LogP contribution in [-0.2, 0) is 9.59 Å². The summed E-state index contributed by atoms with van der Waals surface area (Å²) in [6.07, 6.45) is 4.74. The summed E-state index contributed by atoms with van der Waals surface area (Å²) in [6, 6.07) is 0. The monoisotopic (exact) mass is 269 g/mol. The highest BCUT2D eigenvalue weighted by atomic mass is 32.1. The lowest BCUT2D eigenvalue weighted by Crippen LogP contribution is -2.42. The minimum absolute atomic E-state index is 0.00688. The molecule has 2 rings (SSSR count). The lowest BCUT2D eigenvalue weighted by molar-refractivity contribution is -0.142. The Morgan fingerprint density at radius 1 is 1.17 bits per heavy atom. The van der Waals surface area contributed by atoms with Crippen molar-refractivity contribution in [3.63, 3.8) is 0 Å². The average molecular weight is 269 g/mol. The molecule has 2 fully saturated rings. The molecule has 2 aliphatic rings. The van der Waals surface area contributed by atoms with E-state index in [0.29, 0.717) is 6.54 Å². The Bertz CT molecular complexity index is 321. The van der Waals surface area contributed by atoms with Gasteiger partial charge in [-0.05, 0) is 36.9 Å². The number of carbonyl (C=O) groups is 2. The van der Waals surface area contributed by atoms with E-state index < -0.39 is 0 Å². The quantitative estimate of drug-likeness (QED) is 0.615. The lowest BCUT2D eigenvalue weighted by Gasteiger charge is -2.33. The predicted molar refractivity (Wildman–Crippen MR) is 74.4 cm³/mol. The summed E-state index contributed by atoms with van der Waals surface area (Å²) < 4.78 is 0. The van der Waals surface area contributed by atoms with Crippen LogP contribution in [0.1, 0.15) is 46.0 Å². The minimum atomic E-state index is -0.0103. The number of carbonyl (C=O) groups excluding carboxylic acids is 2. The summed E-state index contributed by atoms with van der Waals surface area (Å²) >= 11 is 4.43. The summed E-state index contributed by atoms with van der Waals surface area (Å²) in [7, 11) is 0. The molecule has 1 saturated carbocycles. The van der Waals surface area contributed by atoms with Gasteiger partial charge in [0.1, 0.15) is 0 Å². The second kappa shape index (κ2) is 5.24. The highest BCUT2D eigenvalue weighted by Crippen LogP contribution is 2.41. The van der Waals surface area contributed by atoms with E-state index in [-0.39, 0.29) is 29.1 Å². The first-order chi connectivity index (χ1) is 8.58. The van der Waals surface area contributed by atoms with Crippen molar-refractivity contribution in [2.24, 2.45) is 17.3 Å². The van der Waals surface area contributed by atoms with Crippen LogP contribution in [-0.4, -0.2) is 29.0 Å². The number of thiol groups is 1. The maximum absolute atomic E-state index is 12.3. The Balaban J connectivity index is 2.14. The SMILES string of the molecule is CCC(CC)(CS)CN1C(=O)C2CCCC2C1=O. The third-order valence-electron chi connectivity index (χ3n) is 5.01. The van der Waals surface area contributed by atoms with E-state index in [2.05, 4.69) is 26.5 Å². The molecule has 0 aromatic heterocycles. The first-order valence-electron chi connectivity index (χ1n) is 7.04. The molecule has 2 amide bonds. The molecule has 0 bridgehead atoms. The van der Waals surface area contributed by atoms with Crippen LogP contribution in [0.5, 0.6) is 0 Å². The van der Waals surface area contributed by atoms with Gasteiger partial charge in [-0.15, -0.1) is 0 Å². The molecule has 1 heterocycles. The van der Waals surface area contributed by atoms with Gasteiger partial charge in [0.2, 0.25) is 11.8 Å². The van der Waals surface area contributed by atoms with E-state index >= 15 is 0 Å². The molecule has 0 spiro atoms. The molecular weight excluding hydrogens is 246 g/mol. The Morgan fingerprint density at radius 3 is 2.06 bits per heavy atom. The normalized spacial score (nSPS) is 28.1. The number of imide groups is 1. The fourth-order valence-electron chi connectivity index (χ4n) is 3.30. The first-order valence-corrected chi connectivity index (χ1v) is 7.68. The maximum Gasteiger partial charge on any atom is 0.233 e. The molecule has 1 aliphatic heterocycles. The zero-order valence-electron chi connectivity index (χ0n) is 11.3. The number of hydrogen-bond donors (Lipinski definition) is 1. The molecular formula is C14H23NO2S. The number of rotatable bonds is 5. The summed E-state index contributed by atoms with van der Waals surface area (Å²) in [5.41, 5.74) is -0.00688. The van der Waals surface area contributed by atoms with E-state index in [4.69, 9.17) is 0 Å². The maximum atomic E-state index is 12.3. The largest absolute Gasteiger partial charge is 0.282 e. The molecule has 2 unspecified atom stereocenters. The molecule has 0 aromatic carbocycles. The van der Waals surface area contributed by atoms with Crippen molar-refractivity contribution in [1.82, 2.24) is 4.90 Å². The summed E-state index contributed by atoms with van der Waals surface area (Å²) in [4.78, 5) is 26.1. The fraction of sp³-hybridized carbons (Fsp3) is 0.857. The van der Waals surface area contributed by atoms with Gasteiger partial charge >= 0.3 is 0 Å². The fourth-order valence-corrected chi connectivity index (χ4v) is 3.85. The predicted octanol–water partition coefficient (Wildman–Crippen LogP) is 2.51. The number of likely N-dealkylation sites (tertiary alicyclic amines) is 1. The van der Waals surface area contributed by atoms with Crippen LogP contribution in [0.4, 0.5) is 0 Å². The van der Waals surface area contributed by atoms with E-state index in [0.717, 1.165) is 37.9 Å². The Hall–Kier alpha value is -0.510.